The van der Waals surface area contributed by atoms with E-state index in [0.29, 0.717) is 5.92 Å². The third-order valence-electron chi connectivity index (χ3n) is 3.40. The first kappa shape index (κ1) is 11.2. The van der Waals surface area contributed by atoms with Crippen LogP contribution in [-0.2, 0) is 0 Å². The van der Waals surface area contributed by atoms with Gasteiger partial charge in [-0.25, -0.2) is 4.98 Å². The molecule has 1 aliphatic heterocycles. The predicted octanol–water partition coefficient (Wildman–Crippen LogP) is 3.66. The van der Waals surface area contributed by atoms with Crippen molar-refractivity contribution in [1.29, 1.82) is 0 Å². The number of pyridine rings is 1. The normalized spacial score (nSPS) is 19.5. The van der Waals surface area contributed by atoms with Gasteiger partial charge in [0.2, 0.25) is 0 Å². The van der Waals surface area contributed by atoms with Crippen molar-refractivity contribution in [3.05, 3.63) is 42.2 Å². The number of dihydropyridines is 1. The van der Waals surface area contributed by atoms with Gasteiger partial charge in [0.05, 0.1) is 6.04 Å². The fourth-order valence-electron chi connectivity index (χ4n) is 2.40. The first-order valence-electron chi connectivity index (χ1n) is 6.42. The van der Waals surface area contributed by atoms with E-state index in [9.17, 15) is 0 Å². The van der Waals surface area contributed by atoms with Crippen LogP contribution in [0.25, 0.3) is 11.0 Å². The maximum absolute atomic E-state index is 4.87. The fourth-order valence-corrected chi connectivity index (χ4v) is 2.40. The number of aromatic amines is 1. The second kappa shape index (κ2) is 4.41. The molecular weight excluding hydrogens is 222 g/mol. The lowest BCUT2D eigenvalue weighted by Crippen LogP contribution is -2.11. The van der Waals surface area contributed by atoms with Crippen LogP contribution in [0.4, 0.5) is 0 Å². The van der Waals surface area contributed by atoms with Gasteiger partial charge in [0, 0.05) is 23.5 Å². The molecule has 0 aromatic carbocycles. The highest BCUT2D eigenvalue weighted by Crippen LogP contribution is 2.30. The van der Waals surface area contributed by atoms with Crippen molar-refractivity contribution in [2.24, 2.45) is 10.9 Å². The minimum absolute atomic E-state index is 0.230. The van der Waals surface area contributed by atoms with Crippen LogP contribution in [-0.4, -0.2) is 15.7 Å². The number of allylic oxidation sites excluding steroid dienone is 1. The maximum atomic E-state index is 4.87. The number of rotatable bonds is 2. The highest BCUT2D eigenvalue weighted by molar-refractivity contribution is 5.97. The molecule has 0 saturated heterocycles. The molecule has 0 bridgehead atoms. The van der Waals surface area contributed by atoms with Crippen LogP contribution < -0.4 is 0 Å². The largest absolute Gasteiger partial charge is 0.346 e. The van der Waals surface area contributed by atoms with E-state index in [1.807, 2.05) is 12.4 Å². The average Bonchev–Trinajstić information content (AvgIpc) is 2.87. The van der Waals surface area contributed by atoms with Gasteiger partial charge in [0.15, 0.2) is 0 Å². The molecule has 18 heavy (non-hydrogen) atoms. The summed E-state index contributed by atoms with van der Waals surface area (Å²) in [4.78, 5) is 12.4. The minimum Gasteiger partial charge on any atom is -0.346 e. The summed E-state index contributed by atoms with van der Waals surface area (Å²) in [5.41, 5.74) is 3.40. The lowest BCUT2D eigenvalue weighted by molar-refractivity contribution is 0.722. The van der Waals surface area contributed by atoms with Crippen molar-refractivity contribution in [3.63, 3.8) is 0 Å². The van der Waals surface area contributed by atoms with E-state index < -0.39 is 0 Å². The zero-order valence-electron chi connectivity index (χ0n) is 10.7. The van der Waals surface area contributed by atoms with Crippen molar-refractivity contribution in [2.45, 2.75) is 26.3 Å². The Morgan fingerprint density at radius 3 is 3.06 bits per heavy atom. The minimum atomic E-state index is 0.230. The van der Waals surface area contributed by atoms with Gasteiger partial charge in [0.1, 0.15) is 5.65 Å². The van der Waals surface area contributed by atoms with E-state index in [0.717, 1.165) is 12.1 Å². The Morgan fingerprint density at radius 2 is 2.22 bits per heavy atom. The molecule has 1 aliphatic rings. The number of nitrogens with one attached hydrogen (secondary N) is 1. The third-order valence-corrected chi connectivity index (χ3v) is 3.40. The molecule has 2 aromatic heterocycles. The van der Waals surface area contributed by atoms with Gasteiger partial charge < -0.3 is 4.98 Å². The SMILES string of the molecule is CC(C)C1=NC(c2ccnc3[nH]ccc23)CC=C1. The highest BCUT2D eigenvalue weighted by Gasteiger charge is 2.17. The summed E-state index contributed by atoms with van der Waals surface area (Å²) >= 11 is 0. The number of aromatic nitrogens is 2. The van der Waals surface area contributed by atoms with Crippen LogP contribution in [0.1, 0.15) is 31.9 Å². The zero-order chi connectivity index (χ0) is 12.5. The van der Waals surface area contributed by atoms with Gasteiger partial charge >= 0.3 is 0 Å². The van der Waals surface area contributed by atoms with Gasteiger partial charge in [-0.2, -0.15) is 0 Å². The van der Waals surface area contributed by atoms with E-state index in [2.05, 4.69) is 48.1 Å². The number of nitrogens with zero attached hydrogens (tertiary/aromatic N) is 2. The van der Waals surface area contributed by atoms with Gasteiger partial charge in [-0.1, -0.05) is 19.9 Å². The van der Waals surface area contributed by atoms with Gasteiger partial charge in [-0.15, -0.1) is 0 Å². The molecule has 92 valence electrons. The van der Waals surface area contributed by atoms with Crippen molar-refractivity contribution in [3.8, 4) is 0 Å². The second-order valence-electron chi connectivity index (χ2n) is 5.00. The highest BCUT2D eigenvalue weighted by atomic mass is 14.9. The Labute approximate surface area is 107 Å². The third kappa shape index (κ3) is 1.86. The van der Waals surface area contributed by atoms with Crippen LogP contribution in [0.2, 0.25) is 0 Å². The van der Waals surface area contributed by atoms with Crippen molar-refractivity contribution in [2.75, 3.05) is 0 Å². The van der Waals surface area contributed by atoms with Gasteiger partial charge in [-0.3, -0.25) is 4.99 Å². The molecule has 0 radical (unpaired) electrons. The number of hydrogen-bond donors (Lipinski definition) is 1. The number of H-pyrrole nitrogens is 1. The Morgan fingerprint density at radius 1 is 1.33 bits per heavy atom. The Bertz CT molecular complexity index is 619. The van der Waals surface area contributed by atoms with Crippen LogP contribution in [0, 0.1) is 5.92 Å². The van der Waals surface area contributed by atoms with Gasteiger partial charge in [-0.05, 0) is 36.1 Å². The number of aliphatic imine (C=N–C) groups is 1. The summed E-state index contributed by atoms with van der Waals surface area (Å²) in [6.07, 6.45) is 9.15. The van der Waals surface area contributed by atoms with Gasteiger partial charge in [0.25, 0.3) is 0 Å². The quantitative estimate of drug-likeness (QED) is 0.853. The fraction of sp³-hybridized carbons (Fsp3) is 0.333. The molecule has 0 aliphatic carbocycles. The van der Waals surface area contributed by atoms with E-state index in [1.165, 1.54) is 16.7 Å². The molecule has 2 aromatic rings. The van der Waals surface area contributed by atoms with Crippen molar-refractivity contribution in [1.82, 2.24) is 9.97 Å². The van der Waals surface area contributed by atoms with Crippen LogP contribution in [0.15, 0.2) is 41.7 Å². The summed E-state index contributed by atoms with van der Waals surface area (Å²) in [7, 11) is 0. The molecule has 1 N–H and O–H groups in total. The standard InChI is InChI=1S/C15H17N3/c1-10(2)13-4-3-5-14(18-13)11-6-8-16-15-12(11)7-9-17-15/h3-4,6-10,14H,5H2,1-2H3,(H,16,17). The summed E-state index contributed by atoms with van der Waals surface area (Å²) in [6, 6.07) is 4.40. The molecule has 0 amide bonds. The van der Waals surface area contributed by atoms with Crippen molar-refractivity contribution < 1.29 is 0 Å². The van der Waals surface area contributed by atoms with Crippen LogP contribution in [0.3, 0.4) is 0 Å². The van der Waals surface area contributed by atoms with E-state index >= 15 is 0 Å². The number of hydrogen-bond acceptors (Lipinski definition) is 2. The Hall–Kier alpha value is -1.90. The molecule has 1 unspecified atom stereocenters. The van der Waals surface area contributed by atoms with E-state index in [-0.39, 0.29) is 6.04 Å². The van der Waals surface area contributed by atoms with E-state index in [1.54, 1.807) is 0 Å². The molecule has 3 nitrogen and oxygen atoms in total. The lowest BCUT2D eigenvalue weighted by Gasteiger charge is -2.19. The average molecular weight is 239 g/mol. The van der Waals surface area contributed by atoms with Crippen LogP contribution >= 0.6 is 0 Å². The second-order valence-corrected chi connectivity index (χ2v) is 5.00. The van der Waals surface area contributed by atoms with Crippen LogP contribution in [0.5, 0.6) is 0 Å². The molecule has 3 heteroatoms. The smallest absolute Gasteiger partial charge is 0.137 e. The lowest BCUT2D eigenvalue weighted by atomic mass is 9.97. The summed E-state index contributed by atoms with van der Waals surface area (Å²) in [5.74, 6) is 0.479. The first-order valence-corrected chi connectivity index (χ1v) is 6.42. The molecule has 3 heterocycles. The maximum Gasteiger partial charge on any atom is 0.137 e. The number of fused-ring (bicyclic) bond motifs is 1. The zero-order valence-corrected chi connectivity index (χ0v) is 10.7. The van der Waals surface area contributed by atoms with Crippen molar-refractivity contribution >= 4 is 16.7 Å². The Balaban J connectivity index is 2.05. The summed E-state index contributed by atoms with van der Waals surface area (Å²) in [5, 5.41) is 1.18. The molecular formula is C15H17N3. The Kier molecular flexibility index (Phi) is 2.74. The predicted molar refractivity (Wildman–Crippen MR) is 74.9 cm³/mol. The molecule has 0 spiro atoms. The topological polar surface area (TPSA) is 41.0 Å². The first-order chi connectivity index (χ1) is 8.75. The monoisotopic (exact) mass is 239 g/mol. The van der Waals surface area contributed by atoms with E-state index in [4.69, 9.17) is 4.99 Å². The summed E-state index contributed by atoms with van der Waals surface area (Å²) in [6.45, 7) is 4.37. The summed E-state index contributed by atoms with van der Waals surface area (Å²) < 4.78 is 0. The molecule has 1 atom stereocenters. The molecule has 0 saturated carbocycles. The molecule has 0 fully saturated rings. The molecule has 3 rings (SSSR count).